The molecule has 0 saturated heterocycles. The summed E-state index contributed by atoms with van der Waals surface area (Å²) in [6.07, 6.45) is 0.748. The van der Waals surface area contributed by atoms with Crippen molar-refractivity contribution in [2.24, 2.45) is 0 Å². The van der Waals surface area contributed by atoms with Gasteiger partial charge >= 0.3 is 0 Å². The Kier molecular flexibility index (Phi) is 3.20. The van der Waals surface area contributed by atoms with Crippen LogP contribution in [0.2, 0.25) is 0 Å². The maximum absolute atomic E-state index is 14.1. The molecule has 3 heteroatoms. The van der Waals surface area contributed by atoms with Gasteiger partial charge in [-0.3, -0.25) is 4.98 Å². The topological polar surface area (TPSA) is 33.1 Å². The number of rotatable bonds is 2. The van der Waals surface area contributed by atoms with Gasteiger partial charge in [-0.15, -0.1) is 0 Å². The fourth-order valence-corrected chi connectivity index (χ4v) is 2.33. The molecule has 0 aliphatic rings. The van der Waals surface area contributed by atoms with E-state index in [0.29, 0.717) is 16.7 Å². The van der Waals surface area contributed by atoms with Gasteiger partial charge in [-0.25, -0.2) is 4.39 Å². The molecule has 1 unspecified atom stereocenters. The molecule has 0 bridgehead atoms. The standard InChI is InChI=1S/C17H14FNO/c1-11-4-2-6-14(16(11)18)17(20)13-7-8-15-12(10-13)5-3-9-19-15/h2-10,17,20H,1H3. The fourth-order valence-electron chi connectivity index (χ4n) is 2.33. The van der Waals surface area contributed by atoms with Gasteiger partial charge in [0.15, 0.2) is 0 Å². The second-order valence-electron chi connectivity index (χ2n) is 4.84. The van der Waals surface area contributed by atoms with E-state index >= 15 is 0 Å². The molecule has 0 saturated carbocycles. The predicted molar refractivity (Wildman–Crippen MR) is 76.9 cm³/mol. The Morgan fingerprint density at radius 3 is 2.80 bits per heavy atom. The highest BCUT2D eigenvalue weighted by Crippen LogP contribution is 2.27. The summed E-state index contributed by atoms with van der Waals surface area (Å²) in [5.74, 6) is -0.355. The van der Waals surface area contributed by atoms with Crippen molar-refractivity contribution in [3.63, 3.8) is 0 Å². The van der Waals surface area contributed by atoms with E-state index in [1.807, 2.05) is 24.3 Å². The Hall–Kier alpha value is -2.26. The Morgan fingerprint density at radius 1 is 1.10 bits per heavy atom. The number of aryl methyl sites for hydroxylation is 1. The van der Waals surface area contributed by atoms with Crippen LogP contribution in [0.1, 0.15) is 22.8 Å². The first-order chi connectivity index (χ1) is 9.66. The molecule has 1 heterocycles. The molecule has 0 amide bonds. The first-order valence-electron chi connectivity index (χ1n) is 6.44. The number of pyridine rings is 1. The number of benzene rings is 2. The third-order valence-electron chi connectivity index (χ3n) is 3.46. The summed E-state index contributed by atoms with van der Waals surface area (Å²) in [5, 5.41) is 11.3. The molecule has 0 radical (unpaired) electrons. The molecular weight excluding hydrogens is 253 g/mol. The largest absolute Gasteiger partial charge is 0.384 e. The average Bonchev–Trinajstić information content (AvgIpc) is 2.49. The lowest BCUT2D eigenvalue weighted by molar-refractivity contribution is 0.215. The van der Waals surface area contributed by atoms with E-state index in [2.05, 4.69) is 4.98 Å². The van der Waals surface area contributed by atoms with Crippen molar-refractivity contribution in [3.8, 4) is 0 Å². The minimum atomic E-state index is -0.973. The number of aliphatic hydroxyl groups is 1. The number of fused-ring (bicyclic) bond motifs is 1. The van der Waals surface area contributed by atoms with Crippen LogP contribution in [0.4, 0.5) is 4.39 Å². The van der Waals surface area contributed by atoms with E-state index in [4.69, 9.17) is 0 Å². The lowest BCUT2D eigenvalue weighted by atomic mass is 9.98. The quantitative estimate of drug-likeness (QED) is 0.766. The van der Waals surface area contributed by atoms with Gasteiger partial charge in [0.25, 0.3) is 0 Å². The summed E-state index contributed by atoms with van der Waals surface area (Å²) in [7, 11) is 0. The molecule has 2 nitrogen and oxygen atoms in total. The lowest BCUT2D eigenvalue weighted by Crippen LogP contribution is -2.03. The molecule has 3 rings (SSSR count). The summed E-state index contributed by atoms with van der Waals surface area (Å²) in [6.45, 7) is 1.69. The maximum Gasteiger partial charge on any atom is 0.132 e. The van der Waals surface area contributed by atoms with Gasteiger partial charge in [0, 0.05) is 17.1 Å². The Bertz CT molecular complexity index is 770. The SMILES string of the molecule is Cc1cccc(C(O)c2ccc3ncccc3c2)c1F. The van der Waals surface area contributed by atoms with Gasteiger partial charge in [-0.05, 0) is 36.2 Å². The van der Waals surface area contributed by atoms with Crippen LogP contribution < -0.4 is 0 Å². The number of aromatic nitrogens is 1. The van der Waals surface area contributed by atoms with Gasteiger partial charge in [-0.1, -0.05) is 30.3 Å². The second-order valence-corrected chi connectivity index (χ2v) is 4.84. The molecule has 1 N–H and O–H groups in total. The second kappa shape index (κ2) is 5.02. The summed E-state index contributed by atoms with van der Waals surface area (Å²) >= 11 is 0. The van der Waals surface area contributed by atoms with Crippen molar-refractivity contribution in [1.82, 2.24) is 4.98 Å². The molecule has 0 fully saturated rings. The summed E-state index contributed by atoms with van der Waals surface area (Å²) in [4.78, 5) is 4.23. The van der Waals surface area contributed by atoms with Crippen LogP contribution in [0.15, 0.2) is 54.7 Å². The molecule has 0 aliphatic carbocycles. The van der Waals surface area contributed by atoms with E-state index in [1.165, 1.54) is 0 Å². The molecule has 100 valence electrons. The van der Waals surface area contributed by atoms with Crippen LogP contribution in [0.25, 0.3) is 10.9 Å². The summed E-state index contributed by atoms with van der Waals surface area (Å²) < 4.78 is 14.1. The normalized spacial score (nSPS) is 12.6. The molecule has 3 aromatic rings. The molecule has 1 aromatic heterocycles. The number of hydrogen-bond donors (Lipinski definition) is 1. The van der Waals surface area contributed by atoms with Gasteiger partial charge in [0.05, 0.1) is 5.52 Å². The van der Waals surface area contributed by atoms with E-state index in [-0.39, 0.29) is 5.82 Å². The summed E-state index contributed by atoms with van der Waals surface area (Å²) in [6, 6.07) is 14.3. The highest BCUT2D eigenvalue weighted by molar-refractivity contribution is 5.79. The molecule has 0 spiro atoms. The van der Waals surface area contributed by atoms with Crippen LogP contribution in [0, 0.1) is 12.7 Å². The van der Waals surface area contributed by atoms with Crippen molar-refractivity contribution in [3.05, 3.63) is 77.2 Å². The van der Waals surface area contributed by atoms with Crippen molar-refractivity contribution in [2.45, 2.75) is 13.0 Å². The molecule has 0 aliphatic heterocycles. The van der Waals surface area contributed by atoms with Crippen LogP contribution >= 0.6 is 0 Å². The van der Waals surface area contributed by atoms with Crippen molar-refractivity contribution in [2.75, 3.05) is 0 Å². The highest BCUT2D eigenvalue weighted by atomic mass is 19.1. The van der Waals surface area contributed by atoms with Crippen molar-refractivity contribution >= 4 is 10.9 Å². The molecule has 2 aromatic carbocycles. The molecule has 20 heavy (non-hydrogen) atoms. The van der Waals surface area contributed by atoms with Crippen LogP contribution in [0.3, 0.4) is 0 Å². The average molecular weight is 267 g/mol. The molecule has 1 atom stereocenters. The van der Waals surface area contributed by atoms with Crippen LogP contribution in [0.5, 0.6) is 0 Å². The smallest absolute Gasteiger partial charge is 0.132 e. The van der Waals surface area contributed by atoms with E-state index < -0.39 is 6.10 Å². The third kappa shape index (κ3) is 2.17. The van der Waals surface area contributed by atoms with Gasteiger partial charge in [-0.2, -0.15) is 0 Å². The Balaban J connectivity index is 2.08. The minimum Gasteiger partial charge on any atom is -0.384 e. The Labute approximate surface area is 116 Å². The van der Waals surface area contributed by atoms with E-state index in [9.17, 15) is 9.50 Å². The molecular formula is C17H14FNO. The number of nitrogens with zero attached hydrogens (tertiary/aromatic N) is 1. The minimum absolute atomic E-state index is 0.299. The highest BCUT2D eigenvalue weighted by Gasteiger charge is 2.16. The maximum atomic E-state index is 14.1. The zero-order chi connectivity index (χ0) is 14.1. The first-order valence-corrected chi connectivity index (χ1v) is 6.44. The van der Waals surface area contributed by atoms with E-state index in [1.54, 1.807) is 37.4 Å². The third-order valence-corrected chi connectivity index (χ3v) is 3.46. The lowest BCUT2D eigenvalue weighted by Gasteiger charge is -2.14. The fraction of sp³-hybridized carbons (Fsp3) is 0.118. The predicted octanol–water partition coefficient (Wildman–Crippen LogP) is 3.76. The monoisotopic (exact) mass is 267 g/mol. The van der Waals surface area contributed by atoms with Gasteiger partial charge in [0.1, 0.15) is 11.9 Å². The number of aliphatic hydroxyl groups excluding tert-OH is 1. The van der Waals surface area contributed by atoms with Crippen molar-refractivity contribution < 1.29 is 9.50 Å². The zero-order valence-electron chi connectivity index (χ0n) is 11.0. The van der Waals surface area contributed by atoms with E-state index in [0.717, 1.165) is 10.9 Å². The zero-order valence-corrected chi connectivity index (χ0v) is 11.0. The van der Waals surface area contributed by atoms with Crippen LogP contribution in [-0.4, -0.2) is 10.1 Å². The van der Waals surface area contributed by atoms with Crippen molar-refractivity contribution in [1.29, 1.82) is 0 Å². The first kappa shape index (κ1) is 12.8. The number of halogens is 1. The summed E-state index contributed by atoms with van der Waals surface area (Å²) in [5.41, 5.74) is 2.35. The number of hydrogen-bond acceptors (Lipinski definition) is 2. The van der Waals surface area contributed by atoms with Crippen LogP contribution in [-0.2, 0) is 0 Å². The van der Waals surface area contributed by atoms with Gasteiger partial charge < -0.3 is 5.11 Å². The van der Waals surface area contributed by atoms with Gasteiger partial charge in [0.2, 0.25) is 0 Å². The Morgan fingerprint density at radius 2 is 1.95 bits per heavy atom.